The molecule has 1 heterocycles. The van der Waals surface area contributed by atoms with Crippen LogP contribution in [0.1, 0.15) is 38.4 Å². The van der Waals surface area contributed by atoms with Crippen LogP contribution in [0.3, 0.4) is 0 Å². The van der Waals surface area contributed by atoms with Gasteiger partial charge in [0.25, 0.3) is 0 Å². The molecule has 114 valence electrons. The Kier molecular flexibility index (Phi) is 5.28. The van der Waals surface area contributed by atoms with Crippen molar-refractivity contribution in [3.05, 3.63) is 16.5 Å². The smallest absolute Gasteiger partial charge is 0.245 e. The van der Waals surface area contributed by atoms with Gasteiger partial charge >= 0.3 is 0 Å². The summed E-state index contributed by atoms with van der Waals surface area (Å²) < 4.78 is 33.3. The summed E-state index contributed by atoms with van der Waals surface area (Å²) in [6.45, 7) is 2.66. The summed E-state index contributed by atoms with van der Waals surface area (Å²) in [5.74, 6) is 1.17. The van der Waals surface area contributed by atoms with E-state index in [4.69, 9.17) is 4.42 Å². The summed E-state index contributed by atoms with van der Waals surface area (Å²) in [6.07, 6.45) is 4.06. The molecular weight excluding hydrogens is 344 g/mol. The second kappa shape index (κ2) is 6.60. The van der Waals surface area contributed by atoms with Crippen LogP contribution in [0.25, 0.3) is 0 Å². The van der Waals surface area contributed by atoms with E-state index >= 15 is 0 Å². The van der Waals surface area contributed by atoms with Crippen molar-refractivity contribution in [3.8, 4) is 0 Å². The molecule has 5 nitrogen and oxygen atoms in total. The first kappa shape index (κ1) is 16.0. The Bertz CT molecular complexity index is 556. The maximum absolute atomic E-state index is 12.4. The number of halogens is 1. The third-order valence-electron chi connectivity index (χ3n) is 3.61. The van der Waals surface area contributed by atoms with Crippen LogP contribution in [-0.4, -0.2) is 21.5 Å². The molecule has 2 rings (SSSR count). The van der Waals surface area contributed by atoms with Gasteiger partial charge in [0.05, 0.1) is 6.54 Å². The van der Waals surface area contributed by atoms with Crippen LogP contribution in [0.15, 0.2) is 20.0 Å². The van der Waals surface area contributed by atoms with E-state index in [1.165, 1.54) is 6.42 Å². The van der Waals surface area contributed by atoms with Crippen molar-refractivity contribution in [1.82, 2.24) is 10.0 Å². The molecule has 0 spiro atoms. The molecule has 1 aromatic heterocycles. The highest BCUT2D eigenvalue weighted by atomic mass is 79.9. The van der Waals surface area contributed by atoms with Crippen LogP contribution in [0.2, 0.25) is 0 Å². The Morgan fingerprint density at radius 1 is 1.45 bits per heavy atom. The molecule has 1 fully saturated rings. The molecule has 2 N–H and O–H groups in total. The second-order valence-electron chi connectivity index (χ2n) is 5.47. The first-order valence-corrected chi connectivity index (χ1v) is 9.15. The summed E-state index contributed by atoms with van der Waals surface area (Å²) in [4.78, 5) is 0.181. The molecule has 20 heavy (non-hydrogen) atoms. The molecule has 0 bridgehead atoms. The summed E-state index contributed by atoms with van der Waals surface area (Å²) in [7, 11) is -1.75. The average molecular weight is 365 g/mol. The van der Waals surface area contributed by atoms with Gasteiger partial charge in [0.15, 0.2) is 4.67 Å². The molecule has 0 aliphatic heterocycles. The van der Waals surface area contributed by atoms with E-state index in [1.54, 1.807) is 13.1 Å². The standard InChI is InChI=1S/C13H21BrN2O3S/c1-9-4-3-5-10(6-9)16-20(17,18)12-7-11(8-15-2)19-13(12)14/h7,9-10,15-16H,3-6,8H2,1-2H3. The van der Waals surface area contributed by atoms with Gasteiger partial charge in [-0.25, -0.2) is 13.1 Å². The summed E-state index contributed by atoms with van der Waals surface area (Å²) >= 11 is 3.19. The van der Waals surface area contributed by atoms with Gasteiger partial charge in [0.1, 0.15) is 10.7 Å². The predicted molar refractivity (Wildman–Crippen MR) is 80.9 cm³/mol. The van der Waals surface area contributed by atoms with Crippen LogP contribution in [0.4, 0.5) is 0 Å². The Morgan fingerprint density at radius 3 is 2.85 bits per heavy atom. The van der Waals surface area contributed by atoms with Crippen LogP contribution in [0.5, 0.6) is 0 Å². The molecule has 0 amide bonds. The number of nitrogens with one attached hydrogen (secondary N) is 2. The minimum absolute atomic E-state index is 0.0262. The minimum atomic E-state index is -3.53. The maximum atomic E-state index is 12.4. The van der Waals surface area contributed by atoms with Crippen LogP contribution in [-0.2, 0) is 16.6 Å². The van der Waals surface area contributed by atoms with Gasteiger partial charge in [-0.05, 0) is 41.7 Å². The van der Waals surface area contributed by atoms with Crippen molar-refractivity contribution in [1.29, 1.82) is 0 Å². The van der Waals surface area contributed by atoms with Crippen molar-refractivity contribution in [2.45, 2.75) is 50.1 Å². The lowest BCUT2D eigenvalue weighted by atomic mass is 9.88. The molecule has 1 saturated carbocycles. The maximum Gasteiger partial charge on any atom is 0.245 e. The third-order valence-corrected chi connectivity index (χ3v) is 5.98. The van der Waals surface area contributed by atoms with Gasteiger partial charge in [-0.15, -0.1) is 0 Å². The van der Waals surface area contributed by atoms with Crippen molar-refractivity contribution in [3.63, 3.8) is 0 Å². The molecule has 1 aliphatic rings. The lowest BCUT2D eigenvalue weighted by Crippen LogP contribution is -2.37. The molecule has 1 aliphatic carbocycles. The third kappa shape index (κ3) is 3.84. The molecular formula is C13H21BrN2O3S. The highest BCUT2D eigenvalue weighted by molar-refractivity contribution is 9.10. The quantitative estimate of drug-likeness (QED) is 0.842. The summed E-state index contributed by atoms with van der Waals surface area (Å²) in [6, 6.07) is 1.59. The zero-order valence-corrected chi connectivity index (χ0v) is 14.2. The van der Waals surface area contributed by atoms with Gasteiger partial charge in [0.2, 0.25) is 10.0 Å². The molecule has 0 radical (unpaired) electrons. The Balaban J connectivity index is 2.13. The van der Waals surface area contributed by atoms with Crippen molar-refractivity contribution in [2.75, 3.05) is 7.05 Å². The van der Waals surface area contributed by atoms with Crippen molar-refractivity contribution >= 4 is 26.0 Å². The topological polar surface area (TPSA) is 71.3 Å². The average Bonchev–Trinajstić information content (AvgIpc) is 2.71. The molecule has 2 unspecified atom stereocenters. The van der Waals surface area contributed by atoms with Gasteiger partial charge in [-0.3, -0.25) is 0 Å². The second-order valence-corrected chi connectivity index (χ2v) is 7.87. The number of furan rings is 1. The molecule has 1 aromatic rings. The fourth-order valence-electron chi connectivity index (χ4n) is 2.67. The largest absolute Gasteiger partial charge is 0.452 e. The molecule has 0 aromatic carbocycles. The van der Waals surface area contributed by atoms with Crippen LogP contribution in [0, 0.1) is 5.92 Å². The Hall–Kier alpha value is -0.370. The van der Waals surface area contributed by atoms with E-state index in [0.29, 0.717) is 18.2 Å². The summed E-state index contributed by atoms with van der Waals surface area (Å²) in [5.41, 5.74) is 0. The lowest BCUT2D eigenvalue weighted by molar-refractivity contribution is 0.327. The van der Waals surface area contributed by atoms with Crippen molar-refractivity contribution < 1.29 is 12.8 Å². The number of hydrogen-bond acceptors (Lipinski definition) is 4. The highest BCUT2D eigenvalue weighted by Gasteiger charge is 2.28. The fraction of sp³-hybridized carbons (Fsp3) is 0.692. The lowest BCUT2D eigenvalue weighted by Gasteiger charge is -2.27. The minimum Gasteiger partial charge on any atom is -0.452 e. The Morgan fingerprint density at radius 2 is 2.20 bits per heavy atom. The first-order valence-electron chi connectivity index (χ1n) is 6.87. The van der Waals surface area contributed by atoms with E-state index in [0.717, 1.165) is 19.3 Å². The van der Waals surface area contributed by atoms with Gasteiger partial charge < -0.3 is 9.73 Å². The molecule has 0 saturated heterocycles. The number of sulfonamides is 1. The van der Waals surface area contributed by atoms with E-state index in [9.17, 15) is 8.42 Å². The summed E-state index contributed by atoms with van der Waals surface area (Å²) in [5, 5.41) is 2.93. The van der Waals surface area contributed by atoms with Crippen LogP contribution < -0.4 is 10.0 Å². The van der Waals surface area contributed by atoms with Gasteiger partial charge in [-0.1, -0.05) is 19.8 Å². The zero-order chi connectivity index (χ0) is 14.8. The number of hydrogen-bond donors (Lipinski definition) is 2. The van der Waals surface area contributed by atoms with Crippen molar-refractivity contribution in [2.24, 2.45) is 5.92 Å². The normalized spacial score (nSPS) is 23.9. The van der Waals surface area contributed by atoms with E-state index in [-0.39, 0.29) is 15.6 Å². The van der Waals surface area contributed by atoms with Gasteiger partial charge in [0, 0.05) is 12.1 Å². The SMILES string of the molecule is CNCc1cc(S(=O)(=O)NC2CCCC(C)C2)c(Br)o1. The monoisotopic (exact) mass is 364 g/mol. The highest BCUT2D eigenvalue weighted by Crippen LogP contribution is 2.29. The van der Waals surface area contributed by atoms with Crippen LogP contribution >= 0.6 is 15.9 Å². The van der Waals surface area contributed by atoms with E-state index in [2.05, 4.69) is 32.9 Å². The zero-order valence-electron chi connectivity index (χ0n) is 11.8. The van der Waals surface area contributed by atoms with Gasteiger partial charge in [-0.2, -0.15) is 0 Å². The van der Waals surface area contributed by atoms with E-state index < -0.39 is 10.0 Å². The first-order chi connectivity index (χ1) is 9.42. The fourth-order valence-corrected chi connectivity index (χ4v) is 4.95. The number of rotatable bonds is 5. The Labute approximate surface area is 128 Å². The predicted octanol–water partition coefficient (Wildman–Crippen LogP) is 2.62. The van der Waals surface area contributed by atoms with E-state index in [1.807, 2.05) is 0 Å². The molecule has 7 heteroatoms. The molecule has 2 atom stereocenters.